The Balaban J connectivity index is -0.000000980. The van der Waals surface area contributed by atoms with E-state index in [2.05, 4.69) is 10.8 Å². The van der Waals surface area contributed by atoms with Crippen molar-refractivity contribution in [1.29, 1.82) is 0 Å². The molecule has 0 aromatic rings. The van der Waals surface area contributed by atoms with E-state index in [9.17, 15) is 18.0 Å². The molecule has 0 atom stereocenters. The number of rotatable bonds is 6. The van der Waals surface area contributed by atoms with E-state index in [-0.39, 0.29) is 49.4 Å². The maximum atomic E-state index is 11.0. The molecule has 0 amide bonds. The number of carboxylic acids is 1. The van der Waals surface area contributed by atoms with E-state index >= 15 is 0 Å². The van der Waals surface area contributed by atoms with Gasteiger partial charge in [-0.25, -0.2) is 4.79 Å². The van der Waals surface area contributed by atoms with Crippen molar-refractivity contribution in [2.75, 3.05) is 5.75 Å². The Bertz CT molecular complexity index is 377. The van der Waals surface area contributed by atoms with Crippen LogP contribution in [0.1, 0.15) is 21.2 Å². The standard InChI is InChI=1S/C8H12O6S.Na.H/c1-6(2)8(11)14-15(12,13)5-3-4-7(9)10;;/h1,3-5H2,2H3,(H,9,10);;/q;+1;-1. The van der Waals surface area contributed by atoms with E-state index in [4.69, 9.17) is 5.11 Å². The van der Waals surface area contributed by atoms with Gasteiger partial charge in [0.25, 0.3) is 0 Å². The fourth-order valence-electron chi connectivity index (χ4n) is 0.628. The van der Waals surface area contributed by atoms with Crippen molar-refractivity contribution in [2.24, 2.45) is 0 Å². The Morgan fingerprint density at radius 3 is 2.31 bits per heavy atom. The molecule has 88 valence electrons. The molecular formula is C8H13NaO6S. The zero-order valence-electron chi connectivity index (χ0n) is 10.2. The molecule has 0 heterocycles. The van der Waals surface area contributed by atoms with Crippen LogP contribution < -0.4 is 29.6 Å². The van der Waals surface area contributed by atoms with E-state index in [0.717, 1.165) is 0 Å². The predicted octanol–water partition coefficient (Wildman–Crippen LogP) is -2.58. The fraction of sp³-hybridized carbons (Fsp3) is 0.500. The first-order chi connectivity index (χ1) is 6.74. The minimum absolute atomic E-state index is 0. The molecule has 0 radical (unpaired) electrons. The summed E-state index contributed by atoms with van der Waals surface area (Å²) >= 11 is 0. The molecule has 6 nitrogen and oxygen atoms in total. The van der Waals surface area contributed by atoms with Crippen molar-refractivity contribution in [2.45, 2.75) is 19.8 Å². The van der Waals surface area contributed by atoms with E-state index in [0.29, 0.717) is 0 Å². The molecule has 0 aliphatic carbocycles. The van der Waals surface area contributed by atoms with E-state index in [1.165, 1.54) is 6.92 Å². The number of aliphatic carboxylic acids is 1. The molecule has 0 rings (SSSR count). The average Bonchev–Trinajstić information content (AvgIpc) is 2.01. The monoisotopic (exact) mass is 260 g/mol. The minimum atomic E-state index is -4.00. The summed E-state index contributed by atoms with van der Waals surface area (Å²) in [6.45, 7) is 4.53. The SMILES string of the molecule is C=C(C)C(=O)OS(=O)(=O)CCCC(=O)O.[H-].[Na+]. The van der Waals surface area contributed by atoms with E-state index in [1.54, 1.807) is 0 Å². The van der Waals surface area contributed by atoms with Crippen molar-refractivity contribution in [1.82, 2.24) is 0 Å². The van der Waals surface area contributed by atoms with Crippen LogP contribution in [-0.4, -0.2) is 31.2 Å². The molecule has 0 fully saturated rings. The van der Waals surface area contributed by atoms with Crippen LogP contribution >= 0.6 is 0 Å². The van der Waals surface area contributed by atoms with Crippen LogP contribution in [0.4, 0.5) is 0 Å². The van der Waals surface area contributed by atoms with Gasteiger partial charge in [-0.3, -0.25) is 4.79 Å². The number of carbonyl (C=O) groups excluding carboxylic acids is 1. The number of carboxylic acid groups (broad SMARTS) is 1. The molecule has 0 unspecified atom stereocenters. The van der Waals surface area contributed by atoms with Crippen LogP contribution in [0.5, 0.6) is 0 Å². The van der Waals surface area contributed by atoms with Crippen molar-refractivity contribution in [3.63, 3.8) is 0 Å². The maximum Gasteiger partial charge on any atom is 1.00 e. The summed E-state index contributed by atoms with van der Waals surface area (Å²) in [5, 5.41) is 8.26. The van der Waals surface area contributed by atoms with Crippen LogP contribution in [0.25, 0.3) is 0 Å². The molecule has 0 aliphatic heterocycles. The molecular weight excluding hydrogens is 247 g/mol. The summed E-state index contributed by atoms with van der Waals surface area (Å²) in [4.78, 5) is 20.9. The third-order valence-corrected chi connectivity index (χ3v) is 2.53. The molecule has 0 saturated carbocycles. The largest absolute Gasteiger partial charge is 1.00 e. The Morgan fingerprint density at radius 1 is 1.44 bits per heavy atom. The Labute approximate surface area is 118 Å². The van der Waals surface area contributed by atoms with Gasteiger partial charge in [0.2, 0.25) is 0 Å². The second-order valence-electron chi connectivity index (χ2n) is 2.91. The number of carbonyl (C=O) groups is 2. The van der Waals surface area contributed by atoms with E-state index < -0.39 is 27.8 Å². The smallest absolute Gasteiger partial charge is 1.00 e. The molecule has 1 N–H and O–H groups in total. The van der Waals surface area contributed by atoms with Crippen LogP contribution in [0.3, 0.4) is 0 Å². The van der Waals surface area contributed by atoms with Crippen LogP contribution in [0, 0.1) is 0 Å². The molecule has 0 bridgehead atoms. The topological polar surface area (TPSA) is 97.7 Å². The Hall–Kier alpha value is -0.370. The van der Waals surface area contributed by atoms with Gasteiger partial charge in [0, 0.05) is 12.0 Å². The molecule has 0 spiro atoms. The van der Waals surface area contributed by atoms with Crippen LogP contribution in [-0.2, 0) is 23.9 Å². The molecule has 0 aromatic heterocycles. The number of hydrogen-bond acceptors (Lipinski definition) is 5. The summed E-state index contributed by atoms with van der Waals surface area (Å²) in [6, 6.07) is 0. The molecule has 16 heavy (non-hydrogen) atoms. The first-order valence-electron chi connectivity index (χ1n) is 4.08. The maximum absolute atomic E-state index is 11.0. The average molecular weight is 260 g/mol. The number of hydrogen-bond donors (Lipinski definition) is 1. The van der Waals surface area contributed by atoms with Gasteiger partial charge in [-0.1, -0.05) is 6.58 Å². The Kier molecular flexibility index (Phi) is 8.81. The van der Waals surface area contributed by atoms with Crippen molar-refractivity contribution in [3.8, 4) is 0 Å². The molecule has 0 aromatic carbocycles. The van der Waals surface area contributed by atoms with Gasteiger partial charge in [-0.05, 0) is 13.3 Å². The van der Waals surface area contributed by atoms with Crippen molar-refractivity contribution < 1.29 is 58.3 Å². The van der Waals surface area contributed by atoms with Gasteiger partial charge in [0.15, 0.2) is 0 Å². The molecule has 0 aliphatic rings. The quantitative estimate of drug-likeness (QED) is 0.320. The van der Waals surface area contributed by atoms with Crippen molar-refractivity contribution in [3.05, 3.63) is 12.2 Å². The third kappa shape index (κ3) is 8.90. The first-order valence-corrected chi connectivity index (χ1v) is 5.66. The van der Waals surface area contributed by atoms with Gasteiger partial charge in [0.05, 0.1) is 5.75 Å². The zero-order valence-corrected chi connectivity index (χ0v) is 12.0. The normalized spacial score (nSPS) is 10.1. The second kappa shape index (κ2) is 7.83. The van der Waals surface area contributed by atoms with Crippen molar-refractivity contribution >= 4 is 22.1 Å². The summed E-state index contributed by atoms with van der Waals surface area (Å²) in [6.07, 6.45) is -0.384. The third-order valence-electron chi connectivity index (χ3n) is 1.34. The van der Waals surface area contributed by atoms with Gasteiger partial charge >= 0.3 is 51.6 Å². The van der Waals surface area contributed by atoms with Crippen LogP contribution in [0.2, 0.25) is 0 Å². The van der Waals surface area contributed by atoms with E-state index in [1.807, 2.05) is 0 Å². The van der Waals surface area contributed by atoms with Gasteiger partial charge < -0.3 is 10.7 Å². The summed E-state index contributed by atoms with van der Waals surface area (Å²) in [5.74, 6) is -2.63. The van der Waals surface area contributed by atoms with Gasteiger partial charge in [0.1, 0.15) is 0 Å². The minimum Gasteiger partial charge on any atom is -1.00 e. The second-order valence-corrected chi connectivity index (χ2v) is 4.60. The van der Waals surface area contributed by atoms with Gasteiger partial charge in [-0.2, -0.15) is 8.42 Å². The summed E-state index contributed by atoms with van der Waals surface area (Å²) in [7, 11) is -4.00. The summed E-state index contributed by atoms with van der Waals surface area (Å²) < 4.78 is 26.2. The fourth-order valence-corrected chi connectivity index (χ4v) is 1.58. The van der Waals surface area contributed by atoms with Crippen LogP contribution in [0.15, 0.2) is 12.2 Å². The van der Waals surface area contributed by atoms with Gasteiger partial charge in [-0.15, -0.1) is 0 Å². The Morgan fingerprint density at radius 2 is 1.94 bits per heavy atom. The zero-order chi connectivity index (χ0) is 12.1. The summed E-state index contributed by atoms with van der Waals surface area (Å²) in [5.41, 5.74) is -0.0307. The molecule has 8 heteroatoms. The molecule has 0 saturated heterocycles. The first kappa shape index (κ1) is 18.0. The predicted molar refractivity (Wildman–Crippen MR) is 52.7 cm³/mol.